The summed E-state index contributed by atoms with van der Waals surface area (Å²) in [4.78, 5) is 10.8. The van der Waals surface area contributed by atoms with Gasteiger partial charge in [-0.2, -0.15) is 0 Å². The third-order valence-corrected chi connectivity index (χ3v) is 13.9. The Morgan fingerprint density at radius 3 is 1.16 bits per heavy atom. The predicted molar refractivity (Wildman–Crippen MR) is 304 cm³/mol. The first-order chi connectivity index (χ1) is 36.1. The van der Waals surface area contributed by atoms with Crippen LogP contribution in [0.25, 0.3) is 134 Å². The largest absolute Gasteiger partial charge is 0.455 e. The van der Waals surface area contributed by atoms with Crippen LogP contribution in [0.15, 0.2) is 283 Å². The van der Waals surface area contributed by atoms with Crippen molar-refractivity contribution in [3.8, 4) is 112 Å². The summed E-state index contributed by atoms with van der Waals surface area (Å²) in [6, 6.07) is 98.9. The molecule has 13 aromatic rings. The SMILES string of the molecule is c1ccc(-c2cccc(-c3cccc(-c4ccc(-c5cc(-c6cccc(-c7cccc(-c8cccc9c8oc8ccccc89)c7)c6)nc(-c6ccccc6-c6cccc(-c7ccccc7)c6)n5)cc4)c3)c2)cc1. The van der Waals surface area contributed by atoms with Gasteiger partial charge in [0.05, 0.1) is 11.4 Å². The summed E-state index contributed by atoms with van der Waals surface area (Å²) >= 11 is 0. The van der Waals surface area contributed by atoms with Crippen molar-refractivity contribution in [3.05, 3.63) is 279 Å². The second kappa shape index (κ2) is 18.9. The van der Waals surface area contributed by atoms with Gasteiger partial charge in [-0.15, -0.1) is 0 Å². The molecule has 0 atom stereocenters. The van der Waals surface area contributed by atoms with E-state index in [9.17, 15) is 0 Å². The highest BCUT2D eigenvalue weighted by Gasteiger charge is 2.17. The Labute approximate surface area is 425 Å². The maximum atomic E-state index is 6.47. The monoisotopic (exact) mass is 930 g/mol. The number of hydrogen-bond donors (Lipinski definition) is 0. The smallest absolute Gasteiger partial charge is 0.161 e. The van der Waals surface area contributed by atoms with Gasteiger partial charge in [0.15, 0.2) is 5.82 Å². The van der Waals surface area contributed by atoms with Gasteiger partial charge < -0.3 is 4.42 Å². The zero-order valence-corrected chi connectivity index (χ0v) is 39.9. The molecule has 342 valence electrons. The highest BCUT2D eigenvalue weighted by molar-refractivity contribution is 6.09. The molecular formula is C70H46N2O. The van der Waals surface area contributed by atoms with Crippen LogP contribution >= 0.6 is 0 Å². The molecule has 13 rings (SSSR count). The Morgan fingerprint density at radius 1 is 0.219 bits per heavy atom. The van der Waals surface area contributed by atoms with Crippen molar-refractivity contribution >= 4 is 21.9 Å². The van der Waals surface area contributed by atoms with Gasteiger partial charge in [0.1, 0.15) is 11.2 Å². The Balaban J connectivity index is 0.891. The Bertz CT molecular complexity index is 4140. The van der Waals surface area contributed by atoms with Gasteiger partial charge in [-0.3, -0.25) is 0 Å². The van der Waals surface area contributed by atoms with E-state index in [1.165, 1.54) is 27.8 Å². The summed E-state index contributed by atoms with van der Waals surface area (Å²) < 4.78 is 6.47. The first kappa shape index (κ1) is 43.3. The van der Waals surface area contributed by atoms with Gasteiger partial charge in [0.25, 0.3) is 0 Å². The summed E-state index contributed by atoms with van der Waals surface area (Å²) in [5.74, 6) is 0.661. The van der Waals surface area contributed by atoms with Crippen molar-refractivity contribution in [1.82, 2.24) is 9.97 Å². The standard InChI is InChI=1S/C70H46N2O/c1-3-17-47(18-4-1)51-21-11-24-54(41-51)55-25-12-22-52(42-55)49-37-39-50(40-38-49)66-46-67(72-70(71-66)65-33-8-7-31-61(65)58-28-13-23-53(43-58)48-19-5-2-6-20-48)60-30-15-27-57(45-60)56-26-14-29-59(44-56)62-34-16-35-64-63-32-9-10-36-68(63)73-69(62)64/h1-46H. The predicted octanol–water partition coefficient (Wildman–Crippen LogP) is 19.0. The molecule has 73 heavy (non-hydrogen) atoms. The lowest BCUT2D eigenvalue weighted by Gasteiger charge is -2.14. The van der Waals surface area contributed by atoms with E-state index in [4.69, 9.17) is 14.4 Å². The quantitative estimate of drug-likeness (QED) is 0.137. The first-order valence-electron chi connectivity index (χ1n) is 24.8. The molecule has 0 aliphatic rings. The molecule has 3 nitrogen and oxygen atoms in total. The van der Waals surface area contributed by atoms with Crippen molar-refractivity contribution in [2.75, 3.05) is 0 Å². The van der Waals surface area contributed by atoms with Crippen molar-refractivity contribution in [2.45, 2.75) is 0 Å². The average Bonchev–Trinajstić information content (AvgIpc) is 3.87. The number of furan rings is 1. The number of fused-ring (bicyclic) bond motifs is 3. The van der Waals surface area contributed by atoms with Crippen LogP contribution in [0.1, 0.15) is 0 Å². The molecule has 11 aromatic carbocycles. The van der Waals surface area contributed by atoms with Crippen molar-refractivity contribution in [3.63, 3.8) is 0 Å². The van der Waals surface area contributed by atoms with E-state index in [-0.39, 0.29) is 0 Å². The molecule has 0 saturated carbocycles. The third kappa shape index (κ3) is 8.60. The van der Waals surface area contributed by atoms with Gasteiger partial charge in [0.2, 0.25) is 0 Å². The first-order valence-corrected chi connectivity index (χ1v) is 24.8. The molecule has 0 aliphatic carbocycles. The Hall–Kier alpha value is -9.70. The number of hydrogen-bond acceptors (Lipinski definition) is 3. The van der Waals surface area contributed by atoms with E-state index in [1.807, 2.05) is 12.1 Å². The summed E-state index contributed by atoms with van der Waals surface area (Å²) in [6.07, 6.45) is 0. The molecule has 0 N–H and O–H groups in total. The summed E-state index contributed by atoms with van der Waals surface area (Å²) in [5.41, 5.74) is 22.4. The molecule has 3 heteroatoms. The van der Waals surface area contributed by atoms with Gasteiger partial charge in [0, 0.05) is 33.0 Å². The van der Waals surface area contributed by atoms with Crippen LogP contribution in [-0.4, -0.2) is 9.97 Å². The molecule has 0 amide bonds. The van der Waals surface area contributed by atoms with Crippen molar-refractivity contribution in [1.29, 1.82) is 0 Å². The highest BCUT2D eigenvalue weighted by atomic mass is 16.3. The fourth-order valence-corrected chi connectivity index (χ4v) is 10.2. The van der Waals surface area contributed by atoms with Crippen LogP contribution in [0.2, 0.25) is 0 Å². The molecule has 0 unspecified atom stereocenters. The van der Waals surface area contributed by atoms with E-state index < -0.39 is 0 Å². The Morgan fingerprint density at radius 2 is 0.575 bits per heavy atom. The lowest BCUT2D eigenvalue weighted by Crippen LogP contribution is -1.98. The van der Waals surface area contributed by atoms with Crippen LogP contribution in [0.4, 0.5) is 0 Å². The summed E-state index contributed by atoms with van der Waals surface area (Å²) in [5, 5.41) is 2.24. The van der Waals surface area contributed by atoms with Gasteiger partial charge >= 0.3 is 0 Å². The molecule has 0 bridgehead atoms. The fourth-order valence-electron chi connectivity index (χ4n) is 10.2. The van der Waals surface area contributed by atoms with E-state index in [2.05, 4.69) is 267 Å². The zero-order valence-electron chi connectivity index (χ0n) is 39.9. The van der Waals surface area contributed by atoms with Crippen LogP contribution in [-0.2, 0) is 0 Å². The Kier molecular flexibility index (Phi) is 11.2. The van der Waals surface area contributed by atoms with Gasteiger partial charge in [-0.25, -0.2) is 9.97 Å². The van der Waals surface area contributed by atoms with E-state index in [0.29, 0.717) is 5.82 Å². The van der Waals surface area contributed by atoms with E-state index in [1.54, 1.807) is 0 Å². The third-order valence-electron chi connectivity index (χ3n) is 13.9. The number of benzene rings is 11. The molecular weight excluding hydrogens is 885 g/mol. The fraction of sp³-hybridized carbons (Fsp3) is 0. The second-order valence-corrected chi connectivity index (χ2v) is 18.5. The number of rotatable bonds is 10. The minimum absolute atomic E-state index is 0.661. The van der Waals surface area contributed by atoms with Gasteiger partial charge in [-0.1, -0.05) is 237 Å². The average molecular weight is 931 g/mol. The normalized spacial score (nSPS) is 11.3. The lowest BCUT2D eigenvalue weighted by atomic mass is 9.94. The summed E-state index contributed by atoms with van der Waals surface area (Å²) in [7, 11) is 0. The molecule has 0 aliphatic heterocycles. The second-order valence-electron chi connectivity index (χ2n) is 18.5. The minimum Gasteiger partial charge on any atom is -0.455 e. The van der Waals surface area contributed by atoms with Crippen LogP contribution < -0.4 is 0 Å². The molecule has 2 aromatic heterocycles. The van der Waals surface area contributed by atoms with Crippen molar-refractivity contribution in [2.24, 2.45) is 0 Å². The highest BCUT2D eigenvalue weighted by Crippen LogP contribution is 2.40. The molecule has 0 radical (unpaired) electrons. The number of aromatic nitrogens is 2. The number of para-hydroxylation sites is 2. The summed E-state index contributed by atoms with van der Waals surface area (Å²) in [6.45, 7) is 0. The van der Waals surface area contributed by atoms with Crippen molar-refractivity contribution < 1.29 is 4.42 Å². The molecule has 0 fully saturated rings. The minimum atomic E-state index is 0.661. The number of nitrogens with zero attached hydrogens (tertiary/aromatic N) is 2. The zero-order chi connectivity index (χ0) is 48.5. The molecule has 0 spiro atoms. The lowest BCUT2D eigenvalue weighted by molar-refractivity contribution is 0.670. The molecule has 2 heterocycles. The van der Waals surface area contributed by atoms with Crippen LogP contribution in [0, 0.1) is 0 Å². The topological polar surface area (TPSA) is 38.9 Å². The van der Waals surface area contributed by atoms with E-state index >= 15 is 0 Å². The molecule has 0 saturated heterocycles. The van der Waals surface area contributed by atoms with Gasteiger partial charge in [-0.05, 0) is 115 Å². The maximum absolute atomic E-state index is 6.47. The van der Waals surface area contributed by atoms with E-state index in [0.717, 1.165) is 100 Å². The van der Waals surface area contributed by atoms with Crippen LogP contribution in [0.5, 0.6) is 0 Å². The maximum Gasteiger partial charge on any atom is 0.161 e. The van der Waals surface area contributed by atoms with Crippen LogP contribution in [0.3, 0.4) is 0 Å².